The minimum Gasteiger partial charge on any atom is -0.489 e. The molecule has 0 unspecified atom stereocenters. The van der Waals surface area contributed by atoms with Gasteiger partial charge in [-0.2, -0.15) is 0 Å². The zero-order chi connectivity index (χ0) is 23.8. The number of likely N-dealkylation sites (N-methyl/N-ethyl adjacent to an activating group) is 1. The third-order valence-corrected chi connectivity index (χ3v) is 6.11. The summed E-state index contributed by atoms with van der Waals surface area (Å²) >= 11 is 0. The van der Waals surface area contributed by atoms with Crippen molar-refractivity contribution in [1.29, 1.82) is 0 Å². The Balaban J connectivity index is 1.67. The van der Waals surface area contributed by atoms with Crippen molar-refractivity contribution in [3.05, 3.63) is 72.1 Å². The number of nitrogens with zero attached hydrogens (tertiary/aromatic N) is 2. The quantitative estimate of drug-likeness (QED) is 0.492. The molecule has 1 fully saturated rings. The number of halogens is 1. The van der Waals surface area contributed by atoms with Gasteiger partial charge in [0.15, 0.2) is 0 Å². The number of urea groups is 1. The lowest BCUT2D eigenvalue weighted by Gasteiger charge is -2.36. The van der Waals surface area contributed by atoms with Crippen LogP contribution in [0.2, 0.25) is 0 Å². The molecule has 0 N–H and O–H groups in total. The van der Waals surface area contributed by atoms with Crippen molar-refractivity contribution < 1.29 is 23.4 Å². The van der Waals surface area contributed by atoms with Crippen LogP contribution >= 0.6 is 0 Å². The average molecular weight is 457 g/mol. The molecule has 2 aromatic carbocycles. The molecule has 0 saturated carbocycles. The van der Waals surface area contributed by atoms with E-state index >= 15 is 0 Å². The summed E-state index contributed by atoms with van der Waals surface area (Å²) in [4.78, 5) is 15.9. The molecule has 1 aliphatic rings. The summed E-state index contributed by atoms with van der Waals surface area (Å²) in [5, 5.41) is 0. The Morgan fingerprint density at radius 3 is 2.52 bits per heavy atom. The number of carbonyl (C=O) groups is 1. The van der Waals surface area contributed by atoms with E-state index in [2.05, 4.69) is 6.58 Å². The molecule has 33 heavy (non-hydrogen) atoms. The van der Waals surface area contributed by atoms with Gasteiger partial charge in [0.25, 0.3) is 0 Å². The fourth-order valence-corrected chi connectivity index (χ4v) is 4.02. The van der Waals surface area contributed by atoms with Gasteiger partial charge < -0.3 is 19.1 Å². The van der Waals surface area contributed by atoms with Crippen molar-refractivity contribution in [1.82, 2.24) is 4.90 Å². The number of rotatable bonds is 9. The van der Waals surface area contributed by atoms with Gasteiger partial charge in [0.05, 0.1) is 5.60 Å². The lowest BCUT2D eigenvalue weighted by Crippen LogP contribution is -2.41. The van der Waals surface area contributed by atoms with Crippen molar-refractivity contribution in [2.75, 3.05) is 45.4 Å². The largest absolute Gasteiger partial charge is 0.489 e. The second kappa shape index (κ2) is 11.3. The number of amides is 2. The molecule has 1 aliphatic heterocycles. The van der Waals surface area contributed by atoms with E-state index in [1.165, 1.54) is 12.1 Å². The number of methoxy groups -OCH3 is 1. The Hall–Kier alpha value is -2.90. The summed E-state index contributed by atoms with van der Waals surface area (Å²) in [6.07, 6.45) is 3.05. The Kier molecular flexibility index (Phi) is 8.47. The lowest BCUT2D eigenvalue weighted by molar-refractivity contribution is -0.0950. The minimum absolute atomic E-state index is 0.0890. The molecule has 7 heteroatoms. The molecule has 0 bridgehead atoms. The Morgan fingerprint density at radius 2 is 1.91 bits per heavy atom. The summed E-state index contributed by atoms with van der Waals surface area (Å²) in [6, 6.07) is 12.2. The van der Waals surface area contributed by atoms with E-state index in [-0.39, 0.29) is 18.5 Å². The van der Waals surface area contributed by atoms with Crippen LogP contribution in [0.25, 0.3) is 0 Å². The molecule has 0 radical (unpaired) electrons. The first-order chi connectivity index (χ1) is 15.9. The van der Waals surface area contributed by atoms with Crippen LogP contribution < -0.4 is 9.64 Å². The lowest BCUT2D eigenvalue weighted by atomic mass is 9.86. The maximum Gasteiger partial charge on any atom is 0.324 e. The first-order valence-electron chi connectivity index (χ1n) is 11.2. The summed E-state index contributed by atoms with van der Waals surface area (Å²) in [7, 11) is 3.40. The van der Waals surface area contributed by atoms with Crippen molar-refractivity contribution in [2.24, 2.45) is 0 Å². The van der Waals surface area contributed by atoms with Crippen LogP contribution in [0, 0.1) is 5.82 Å². The highest BCUT2D eigenvalue weighted by molar-refractivity contribution is 5.91. The average Bonchev–Trinajstić information content (AvgIpc) is 2.85. The van der Waals surface area contributed by atoms with Crippen LogP contribution in [0.4, 0.5) is 14.9 Å². The van der Waals surface area contributed by atoms with Crippen molar-refractivity contribution in [3.8, 4) is 5.75 Å². The number of hydrogen-bond donors (Lipinski definition) is 0. The smallest absolute Gasteiger partial charge is 0.324 e. The standard InChI is InChI=1S/C26H33FN2O4/c1-5-13-29(6-2)25(30)28(3)23-9-7-20(8-10-23)19-33-24-17-21(16-22(27)18-24)26(31-4)11-14-32-15-12-26/h5,7-10,16-18H,1,6,11-15,19H2,2-4H3. The molecule has 0 atom stereocenters. The van der Waals surface area contributed by atoms with Crippen LogP contribution in [0.1, 0.15) is 30.9 Å². The normalized spacial score (nSPS) is 15.0. The number of anilines is 1. The van der Waals surface area contributed by atoms with Gasteiger partial charge in [0.2, 0.25) is 0 Å². The van der Waals surface area contributed by atoms with Gasteiger partial charge in [-0.15, -0.1) is 6.58 Å². The van der Waals surface area contributed by atoms with E-state index in [0.29, 0.717) is 44.9 Å². The fourth-order valence-electron chi connectivity index (χ4n) is 4.02. The van der Waals surface area contributed by atoms with Gasteiger partial charge in [0.1, 0.15) is 18.2 Å². The Labute approximate surface area is 195 Å². The van der Waals surface area contributed by atoms with E-state index in [1.54, 1.807) is 30.0 Å². The van der Waals surface area contributed by atoms with Gasteiger partial charge in [-0.25, -0.2) is 9.18 Å². The van der Waals surface area contributed by atoms with Crippen LogP contribution in [0.15, 0.2) is 55.1 Å². The number of carbonyl (C=O) groups excluding carboxylic acids is 1. The topological polar surface area (TPSA) is 51.2 Å². The zero-order valence-corrected chi connectivity index (χ0v) is 19.7. The Bertz CT molecular complexity index is 942. The molecule has 1 saturated heterocycles. The van der Waals surface area contributed by atoms with Gasteiger partial charge in [-0.05, 0) is 42.3 Å². The number of ether oxygens (including phenoxy) is 3. The number of benzene rings is 2. The summed E-state index contributed by atoms with van der Waals surface area (Å²) in [5.74, 6) is 0.0909. The van der Waals surface area contributed by atoms with Gasteiger partial charge >= 0.3 is 6.03 Å². The summed E-state index contributed by atoms with van der Waals surface area (Å²) in [6.45, 7) is 8.17. The third kappa shape index (κ3) is 5.92. The fraction of sp³-hybridized carbons (Fsp3) is 0.423. The maximum atomic E-state index is 14.4. The van der Waals surface area contributed by atoms with Crippen molar-refractivity contribution in [2.45, 2.75) is 32.0 Å². The third-order valence-electron chi connectivity index (χ3n) is 6.11. The molecule has 6 nitrogen and oxygen atoms in total. The summed E-state index contributed by atoms with van der Waals surface area (Å²) < 4.78 is 31.5. The van der Waals surface area contributed by atoms with Gasteiger partial charge in [-0.1, -0.05) is 18.2 Å². The predicted molar refractivity (Wildman–Crippen MR) is 127 cm³/mol. The van der Waals surface area contributed by atoms with Crippen LogP contribution in [0.5, 0.6) is 5.75 Å². The minimum atomic E-state index is -0.560. The molecule has 0 aliphatic carbocycles. The molecule has 1 heterocycles. The zero-order valence-electron chi connectivity index (χ0n) is 19.7. The van der Waals surface area contributed by atoms with Crippen LogP contribution in [-0.4, -0.2) is 51.4 Å². The van der Waals surface area contributed by atoms with E-state index in [0.717, 1.165) is 16.8 Å². The van der Waals surface area contributed by atoms with Crippen molar-refractivity contribution >= 4 is 11.7 Å². The summed E-state index contributed by atoms with van der Waals surface area (Å²) in [5.41, 5.74) is 1.89. The maximum absolute atomic E-state index is 14.4. The molecule has 178 valence electrons. The highest BCUT2D eigenvalue weighted by Gasteiger charge is 2.35. The van der Waals surface area contributed by atoms with Gasteiger partial charge in [0, 0.05) is 65.1 Å². The SMILES string of the molecule is C=CCN(CC)C(=O)N(C)c1ccc(COc2cc(F)cc(C3(OC)CCOCC3)c2)cc1. The van der Waals surface area contributed by atoms with E-state index in [9.17, 15) is 9.18 Å². The first kappa shape index (κ1) is 24.7. The second-order valence-corrected chi connectivity index (χ2v) is 8.11. The van der Waals surface area contributed by atoms with Gasteiger partial charge in [-0.3, -0.25) is 4.90 Å². The Morgan fingerprint density at radius 1 is 1.21 bits per heavy atom. The molecule has 2 aromatic rings. The van der Waals surface area contributed by atoms with Crippen molar-refractivity contribution in [3.63, 3.8) is 0 Å². The molecule has 3 rings (SSSR count). The molecular formula is C26H33FN2O4. The van der Waals surface area contributed by atoms with E-state index < -0.39 is 5.60 Å². The number of hydrogen-bond acceptors (Lipinski definition) is 4. The van der Waals surface area contributed by atoms with E-state index in [1.807, 2.05) is 37.3 Å². The highest BCUT2D eigenvalue weighted by atomic mass is 19.1. The molecular weight excluding hydrogens is 423 g/mol. The molecule has 0 spiro atoms. The first-order valence-corrected chi connectivity index (χ1v) is 11.2. The highest BCUT2D eigenvalue weighted by Crippen LogP contribution is 2.37. The second-order valence-electron chi connectivity index (χ2n) is 8.11. The van der Waals surface area contributed by atoms with Crippen LogP contribution in [-0.2, 0) is 21.7 Å². The van der Waals surface area contributed by atoms with E-state index in [4.69, 9.17) is 14.2 Å². The molecule has 0 aromatic heterocycles. The predicted octanol–water partition coefficient (Wildman–Crippen LogP) is 5.12. The molecule has 2 amide bonds. The van der Waals surface area contributed by atoms with Crippen LogP contribution in [0.3, 0.4) is 0 Å². The monoisotopic (exact) mass is 456 g/mol.